The third-order valence-electron chi connectivity index (χ3n) is 4.80. The molecule has 1 atom stereocenters. The van der Waals surface area contributed by atoms with Gasteiger partial charge in [0.1, 0.15) is 17.0 Å². The first-order chi connectivity index (χ1) is 12.3. The van der Waals surface area contributed by atoms with E-state index in [9.17, 15) is 9.59 Å². The van der Waals surface area contributed by atoms with Crippen molar-refractivity contribution in [1.29, 1.82) is 0 Å². The minimum atomic E-state index is -0.455. The van der Waals surface area contributed by atoms with E-state index in [4.69, 9.17) is 9.15 Å². The lowest BCUT2D eigenvalue weighted by Crippen LogP contribution is -2.30. The summed E-state index contributed by atoms with van der Waals surface area (Å²) in [5.74, 6) is 0.0353. The predicted octanol–water partition coefficient (Wildman–Crippen LogP) is 4.00. The number of H-pyrrole nitrogens is 1. The molecular weight excluding hydrogens is 332 g/mol. The average Bonchev–Trinajstić information content (AvgIpc) is 3.20. The van der Waals surface area contributed by atoms with Crippen molar-refractivity contribution in [3.63, 3.8) is 0 Å². The molecule has 0 saturated carbocycles. The number of fused-ring (bicyclic) bond motifs is 1. The number of nitrogens with one attached hydrogen (secondary N) is 1. The Hall–Kier alpha value is -3.02. The van der Waals surface area contributed by atoms with Crippen molar-refractivity contribution in [3.8, 4) is 0 Å². The van der Waals surface area contributed by atoms with Crippen LogP contribution in [-0.2, 0) is 4.74 Å². The van der Waals surface area contributed by atoms with Gasteiger partial charge in [-0.25, -0.2) is 4.79 Å². The largest absolute Gasteiger partial charge is 0.465 e. The molecule has 0 unspecified atom stereocenters. The number of aryl methyl sites for hydroxylation is 1. The number of aromatic amines is 1. The van der Waals surface area contributed by atoms with Gasteiger partial charge in [0, 0.05) is 18.1 Å². The van der Waals surface area contributed by atoms with Crippen LogP contribution in [0.25, 0.3) is 11.0 Å². The first kappa shape index (κ1) is 17.8. The van der Waals surface area contributed by atoms with Gasteiger partial charge >= 0.3 is 5.97 Å². The summed E-state index contributed by atoms with van der Waals surface area (Å²) in [5.41, 5.74) is 2.77. The van der Waals surface area contributed by atoms with E-state index in [0.29, 0.717) is 28.3 Å². The molecule has 1 amide bonds. The molecule has 26 heavy (non-hydrogen) atoms. The van der Waals surface area contributed by atoms with Crippen molar-refractivity contribution in [3.05, 3.63) is 58.6 Å². The van der Waals surface area contributed by atoms with Gasteiger partial charge in [-0.15, -0.1) is 0 Å². The van der Waals surface area contributed by atoms with Gasteiger partial charge in [0.15, 0.2) is 0 Å². The Bertz CT molecular complexity index is 950. The lowest BCUT2D eigenvalue weighted by atomic mass is 10.1. The molecule has 0 aliphatic heterocycles. The molecule has 0 radical (unpaired) electrons. The molecule has 1 aromatic carbocycles. The van der Waals surface area contributed by atoms with Gasteiger partial charge in [0.05, 0.1) is 18.7 Å². The van der Waals surface area contributed by atoms with Crippen LogP contribution in [0.15, 0.2) is 34.7 Å². The molecule has 0 spiro atoms. The maximum absolute atomic E-state index is 13.0. The normalized spacial score (nSPS) is 12.2. The van der Waals surface area contributed by atoms with Crippen LogP contribution in [0.2, 0.25) is 0 Å². The second-order valence-electron chi connectivity index (χ2n) is 6.40. The lowest BCUT2D eigenvalue weighted by molar-refractivity contribution is 0.0599. The summed E-state index contributed by atoms with van der Waals surface area (Å²) < 4.78 is 10.7. The summed E-state index contributed by atoms with van der Waals surface area (Å²) in [5, 5.41) is 0.995. The minimum absolute atomic E-state index is 0.214. The Balaban J connectivity index is 1.91. The summed E-state index contributed by atoms with van der Waals surface area (Å²) in [6.07, 6.45) is 0. The van der Waals surface area contributed by atoms with E-state index in [1.807, 2.05) is 37.3 Å². The SMILES string of the molecule is COC(=O)c1c(C)[nH]c(C(=O)N(C)[C@H](C)c2cc3ccccc3o2)c1C. The minimum Gasteiger partial charge on any atom is -0.465 e. The van der Waals surface area contributed by atoms with Gasteiger partial charge in [-0.3, -0.25) is 4.79 Å². The number of esters is 1. The molecule has 0 bridgehead atoms. The number of carbonyl (C=O) groups excluding carboxylic acids is 2. The molecule has 1 N–H and O–H groups in total. The number of nitrogens with zero attached hydrogens (tertiary/aromatic N) is 1. The number of aromatic nitrogens is 1. The van der Waals surface area contributed by atoms with E-state index >= 15 is 0 Å². The van der Waals surface area contributed by atoms with Gasteiger partial charge in [-0.2, -0.15) is 0 Å². The Kier molecular flexibility index (Phi) is 4.59. The number of carbonyl (C=O) groups is 2. The maximum atomic E-state index is 13.0. The van der Waals surface area contributed by atoms with E-state index < -0.39 is 5.97 Å². The first-order valence-corrected chi connectivity index (χ1v) is 8.38. The quantitative estimate of drug-likeness (QED) is 0.719. The third kappa shape index (κ3) is 2.87. The Morgan fingerprint density at radius 1 is 1.23 bits per heavy atom. The van der Waals surface area contributed by atoms with Crippen LogP contribution in [0.4, 0.5) is 0 Å². The van der Waals surface area contributed by atoms with Crippen molar-refractivity contribution >= 4 is 22.8 Å². The summed E-state index contributed by atoms with van der Waals surface area (Å²) >= 11 is 0. The summed E-state index contributed by atoms with van der Waals surface area (Å²) in [7, 11) is 3.04. The fourth-order valence-electron chi connectivity index (χ4n) is 3.12. The van der Waals surface area contributed by atoms with Crippen LogP contribution in [0, 0.1) is 13.8 Å². The zero-order valence-corrected chi connectivity index (χ0v) is 15.5. The smallest absolute Gasteiger partial charge is 0.339 e. The highest BCUT2D eigenvalue weighted by molar-refractivity contribution is 6.00. The number of para-hydroxylation sites is 1. The second-order valence-corrected chi connectivity index (χ2v) is 6.40. The molecule has 0 aliphatic rings. The van der Waals surface area contributed by atoms with E-state index in [2.05, 4.69) is 4.98 Å². The number of ether oxygens (including phenoxy) is 1. The highest BCUT2D eigenvalue weighted by atomic mass is 16.5. The maximum Gasteiger partial charge on any atom is 0.339 e. The highest BCUT2D eigenvalue weighted by Gasteiger charge is 2.27. The lowest BCUT2D eigenvalue weighted by Gasteiger charge is -2.23. The van der Waals surface area contributed by atoms with E-state index in [-0.39, 0.29) is 11.9 Å². The van der Waals surface area contributed by atoms with Crippen LogP contribution in [0.3, 0.4) is 0 Å². The molecular formula is C20H22N2O4. The van der Waals surface area contributed by atoms with Crippen molar-refractivity contribution in [2.24, 2.45) is 0 Å². The van der Waals surface area contributed by atoms with E-state index in [1.54, 1.807) is 25.8 Å². The number of furan rings is 1. The highest BCUT2D eigenvalue weighted by Crippen LogP contribution is 2.28. The van der Waals surface area contributed by atoms with Crippen molar-refractivity contribution < 1.29 is 18.7 Å². The molecule has 136 valence electrons. The van der Waals surface area contributed by atoms with Gasteiger partial charge in [-0.1, -0.05) is 18.2 Å². The molecule has 0 fully saturated rings. The number of hydrogen-bond acceptors (Lipinski definition) is 4. The van der Waals surface area contributed by atoms with Crippen molar-refractivity contribution in [1.82, 2.24) is 9.88 Å². The van der Waals surface area contributed by atoms with Gasteiger partial charge in [0.2, 0.25) is 0 Å². The van der Waals surface area contributed by atoms with Crippen LogP contribution < -0.4 is 0 Å². The summed E-state index contributed by atoms with van der Waals surface area (Å²) in [6.45, 7) is 5.39. The number of hydrogen-bond donors (Lipinski definition) is 1. The van der Waals surface area contributed by atoms with Crippen LogP contribution in [0.5, 0.6) is 0 Å². The van der Waals surface area contributed by atoms with E-state index in [1.165, 1.54) is 7.11 Å². The fourth-order valence-corrected chi connectivity index (χ4v) is 3.12. The number of benzene rings is 1. The zero-order valence-electron chi connectivity index (χ0n) is 15.5. The molecule has 6 nitrogen and oxygen atoms in total. The number of rotatable bonds is 4. The first-order valence-electron chi connectivity index (χ1n) is 8.38. The Morgan fingerprint density at radius 2 is 1.92 bits per heavy atom. The molecule has 3 aromatic rings. The van der Waals surface area contributed by atoms with Gasteiger partial charge < -0.3 is 19.0 Å². The summed E-state index contributed by atoms with van der Waals surface area (Å²) in [6, 6.07) is 9.40. The van der Waals surface area contributed by atoms with Crippen molar-refractivity contribution in [2.75, 3.05) is 14.2 Å². The standard InChI is InChI=1S/C20H22N2O4/c1-11-17(20(24)25-5)12(2)21-18(11)19(23)22(4)13(3)16-10-14-8-6-7-9-15(14)26-16/h6-10,13,21H,1-5H3/t13-/m1/s1. The second kappa shape index (κ2) is 6.71. The van der Waals surface area contributed by atoms with Crippen LogP contribution >= 0.6 is 0 Å². The molecule has 6 heteroatoms. The van der Waals surface area contributed by atoms with E-state index in [0.717, 1.165) is 11.0 Å². The monoisotopic (exact) mass is 354 g/mol. The topological polar surface area (TPSA) is 75.5 Å². The predicted molar refractivity (Wildman–Crippen MR) is 98.3 cm³/mol. The molecule has 2 aromatic heterocycles. The fraction of sp³-hybridized carbons (Fsp3) is 0.300. The molecule has 0 saturated heterocycles. The van der Waals surface area contributed by atoms with Crippen molar-refractivity contribution in [2.45, 2.75) is 26.8 Å². The summed E-state index contributed by atoms with van der Waals surface area (Å²) in [4.78, 5) is 29.5. The number of methoxy groups -OCH3 is 1. The average molecular weight is 354 g/mol. The molecule has 3 rings (SSSR count). The van der Waals surface area contributed by atoms with Crippen LogP contribution in [0.1, 0.15) is 50.8 Å². The third-order valence-corrected chi connectivity index (χ3v) is 4.80. The Morgan fingerprint density at radius 3 is 2.58 bits per heavy atom. The number of amides is 1. The van der Waals surface area contributed by atoms with Gasteiger partial charge in [0.25, 0.3) is 5.91 Å². The zero-order chi connectivity index (χ0) is 19.0. The Labute approximate surface area is 151 Å². The molecule has 2 heterocycles. The van der Waals surface area contributed by atoms with Gasteiger partial charge in [-0.05, 0) is 38.5 Å². The molecule has 0 aliphatic carbocycles. The van der Waals surface area contributed by atoms with Crippen LogP contribution in [-0.4, -0.2) is 35.9 Å².